The Morgan fingerprint density at radius 1 is 0.969 bits per heavy atom. The molecule has 0 radical (unpaired) electrons. The van der Waals surface area contributed by atoms with Gasteiger partial charge in [-0.2, -0.15) is 0 Å². The lowest BCUT2D eigenvalue weighted by Crippen LogP contribution is -2.33. The summed E-state index contributed by atoms with van der Waals surface area (Å²) in [4.78, 5) is 20.0. The number of carbonyl (C=O) groups excluding carboxylic acids is 1. The Kier molecular flexibility index (Phi) is 5.79. The van der Waals surface area contributed by atoms with Gasteiger partial charge in [-0.25, -0.2) is 0 Å². The highest BCUT2D eigenvalue weighted by Gasteiger charge is 2.25. The monoisotopic (exact) mass is 433 g/mol. The predicted octanol–water partition coefficient (Wildman–Crippen LogP) is 3.64. The summed E-state index contributed by atoms with van der Waals surface area (Å²) in [6, 6.07) is 5.97. The number of nitrogens with zero attached hydrogens (tertiary/aromatic N) is 3. The van der Waals surface area contributed by atoms with E-state index in [1.165, 1.54) is 0 Å². The number of amides is 1. The fraction of sp³-hybridized carbons (Fsp3) is 0.423. The molecule has 168 valence electrons. The Morgan fingerprint density at radius 3 is 2.66 bits per heavy atom. The van der Waals surface area contributed by atoms with Gasteiger partial charge in [0, 0.05) is 37.6 Å². The van der Waals surface area contributed by atoms with Gasteiger partial charge in [0.1, 0.15) is 13.2 Å². The zero-order valence-corrected chi connectivity index (χ0v) is 18.9. The van der Waals surface area contributed by atoms with Gasteiger partial charge in [0.05, 0.1) is 5.70 Å². The summed E-state index contributed by atoms with van der Waals surface area (Å²) in [6.07, 6.45) is 12.2. The van der Waals surface area contributed by atoms with Crippen LogP contribution in [0.15, 0.2) is 60.1 Å². The molecule has 0 N–H and O–H groups in total. The highest BCUT2D eigenvalue weighted by molar-refractivity contribution is 5.98. The lowest BCUT2D eigenvalue weighted by atomic mass is 9.89. The molecule has 1 atom stereocenters. The van der Waals surface area contributed by atoms with E-state index in [1.54, 1.807) is 11.0 Å². The summed E-state index contributed by atoms with van der Waals surface area (Å²) < 4.78 is 11.4. The molecule has 1 saturated heterocycles. The lowest BCUT2D eigenvalue weighted by molar-refractivity contribution is -0.122. The van der Waals surface area contributed by atoms with Gasteiger partial charge in [-0.3, -0.25) is 9.69 Å². The first-order valence-corrected chi connectivity index (χ1v) is 11.6. The minimum Gasteiger partial charge on any atom is -0.486 e. The fourth-order valence-electron chi connectivity index (χ4n) is 4.71. The van der Waals surface area contributed by atoms with Crippen LogP contribution in [-0.2, 0) is 4.79 Å². The van der Waals surface area contributed by atoms with E-state index in [0.717, 1.165) is 73.1 Å². The average Bonchev–Trinajstić information content (AvgIpc) is 3.04. The van der Waals surface area contributed by atoms with Crippen molar-refractivity contribution in [3.8, 4) is 11.5 Å². The molecule has 0 spiro atoms. The Balaban J connectivity index is 1.43. The van der Waals surface area contributed by atoms with Gasteiger partial charge < -0.3 is 19.3 Å². The van der Waals surface area contributed by atoms with Gasteiger partial charge in [-0.15, -0.1) is 0 Å². The zero-order valence-electron chi connectivity index (χ0n) is 18.9. The molecule has 4 aliphatic heterocycles. The van der Waals surface area contributed by atoms with Gasteiger partial charge in [0.2, 0.25) is 0 Å². The largest absolute Gasteiger partial charge is 0.486 e. The number of benzene rings is 1. The van der Waals surface area contributed by atoms with Crippen molar-refractivity contribution in [1.82, 2.24) is 14.7 Å². The quantitative estimate of drug-likeness (QED) is 0.713. The number of likely N-dealkylation sites (N-methyl/N-ethyl adjacent to an activating group) is 1. The number of hydrogen-bond acceptors (Lipinski definition) is 5. The Bertz CT molecular complexity index is 1020. The molecule has 4 aliphatic rings. The van der Waals surface area contributed by atoms with Gasteiger partial charge in [-0.05, 0) is 67.8 Å². The van der Waals surface area contributed by atoms with Crippen molar-refractivity contribution in [2.24, 2.45) is 5.92 Å². The minimum absolute atomic E-state index is 0.0125. The smallest absolute Gasteiger partial charge is 0.255 e. The normalized spacial score (nSPS) is 24.0. The van der Waals surface area contributed by atoms with Crippen molar-refractivity contribution in [2.75, 3.05) is 46.4 Å². The van der Waals surface area contributed by atoms with Crippen LogP contribution in [0.5, 0.6) is 11.5 Å². The second kappa shape index (κ2) is 8.87. The highest BCUT2D eigenvalue weighted by Crippen LogP contribution is 2.37. The van der Waals surface area contributed by atoms with E-state index in [1.807, 2.05) is 24.4 Å². The Labute approximate surface area is 190 Å². The number of rotatable bonds is 2. The Morgan fingerprint density at radius 2 is 1.78 bits per heavy atom. The van der Waals surface area contributed by atoms with Crippen LogP contribution in [0.2, 0.25) is 0 Å². The van der Waals surface area contributed by atoms with Crippen molar-refractivity contribution in [1.29, 1.82) is 0 Å². The SMILES string of the molecule is CC1CC=C2C=CC(N3CCCN(C)CC3)=CN2C(=O)C=C1c1ccc2c(c1)OCCO2. The number of carbonyl (C=O) groups is 1. The maximum atomic E-state index is 13.4. The van der Waals surface area contributed by atoms with Gasteiger partial charge in [0.15, 0.2) is 11.5 Å². The molecule has 5 rings (SSSR count). The van der Waals surface area contributed by atoms with Crippen molar-refractivity contribution in [2.45, 2.75) is 19.8 Å². The first-order valence-electron chi connectivity index (χ1n) is 11.6. The topological polar surface area (TPSA) is 45.2 Å². The zero-order chi connectivity index (χ0) is 22.1. The number of allylic oxidation sites excluding steroid dienone is 4. The van der Waals surface area contributed by atoms with Gasteiger partial charge >= 0.3 is 0 Å². The van der Waals surface area contributed by atoms with E-state index in [2.05, 4.69) is 42.0 Å². The molecule has 1 amide bonds. The lowest BCUT2D eigenvalue weighted by Gasteiger charge is -2.31. The first-order chi connectivity index (χ1) is 15.6. The number of fused-ring (bicyclic) bond motifs is 2. The maximum Gasteiger partial charge on any atom is 0.255 e. The third kappa shape index (κ3) is 4.19. The van der Waals surface area contributed by atoms with E-state index >= 15 is 0 Å². The van der Waals surface area contributed by atoms with E-state index in [0.29, 0.717) is 13.2 Å². The summed E-state index contributed by atoms with van der Waals surface area (Å²) in [5.74, 6) is 1.73. The summed E-state index contributed by atoms with van der Waals surface area (Å²) in [6.45, 7) is 7.43. The van der Waals surface area contributed by atoms with Crippen molar-refractivity contribution in [3.63, 3.8) is 0 Å². The molecule has 0 aromatic heterocycles. The summed E-state index contributed by atoms with van der Waals surface area (Å²) in [5.41, 5.74) is 4.10. The fourth-order valence-corrected chi connectivity index (χ4v) is 4.71. The van der Waals surface area contributed by atoms with E-state index in [4.69, 9.17) is 9.47 Å². The number of ether oxygens (including phenoxy) is 2. The predicted molar refractivity (Wildman–Crippen MR) is 125 cm³/mol. The number of hydrogen-bond donors (Lipinski definition) is 0. The third-order valence-corrected chi connectivity index (χ3v) is 6.65. The maximum absolute atomic E-state index is 13.4. The van der Waals surface area contributed by atoms with Crippen molar-refractivity contribution < 1.29 is 14.3 Å². The minimum atomic E-state index is -0.0125. The molecule has 0 bridgehead atoms. The summed E-state index contributed by atoms with van der Waals surface area (Å²) >= 11 is 0. The van der Waals surface area contributed by atoms with Crippen LogP contribution in [0, 0.1) is 5.92 Å². The summed E-state index contributed by atoms with van der Waals surface area (Å²) in [7, 11) is 2.17. The molecular formula is C26H31N3O3. The molecule has 32 heavy (non-hydrogen) atoms. The highest BCUT2D eigenvalue weighted by atomic mass is 16.6. The van der Waals surface area contributed by atoms with Crippen molar-refractivity contribution in [3.05, 3.63) is 65.7 Å². The van der Waals surface area contributed by atoms with Gasteiger partial charge in [-0.1, -0.05) is 19.1 Å². The molecule has 4 heterocycles. The molecular weight excluding hydrogens is 402 g/mol. The van der Waals surface area contributed by atoms with Crippen LogP contribution in [0.4, 0.5) is 0 Å². The third-order valence-electron chi connectivity index (χ3n) is 6.65. The van der Waals surface area contributed by atoms with Crippen LogP contribution >= 0.6 is 0 Å². The van der Waals surface area contributed by atoms with Crippen LogP contribution in [0.25, 0.3) is 5.57 Å². The molecule has 6 nitrogen and oxygen atoms in total. The second-order valence-electron chi connectivity index (χ2n) is 8.96. The van der Waals surface area contributed by atoms with Crippen LogP contribution in [0.3, 0.4) is 0 Å². The standard InChI is InChI=1S/C26H31N3O3/c1-19-4-6-21-7-8-22(28-11-3-10-27(2)12-13-28)18-29(21)26(30)17-23(19)20-5-9-24-25(16-20)32-15-14-31-24/h5-9,16-19H,3-4,10-15H2,1-2H3. The first kappa shape index (κ1) is 20.9. The molecule has 1 fully saturated rings. The molecule has 1 unspecified atom stereocenters. The molecule has 1 aromatic carbocycles. The van der Waals surface area contributed by atoms with Crippen molar-refractivity contribution >= 4 is 11.5 Å². The van der Waals surface area contributed by atoms with E-state index in [-0.39, 0.29) is 11.8 Å². The molecule has 6 heteroatoms. The average molecular weight is 434 g/mol. The van der Waals surface area contributed by atoms with E-state index in [9.17, 15) is 4.79 Å². The van der Waals surface area contributed by atoms with Gasteiger partial charge in [0.25, 0.3) is 5.91 Å². The van der Waals surface area contributed by atoms with Crippen LogP contribution in [0.1, 0.15) is 25.3 Å². The molecule has 0 aliphatic carbocycles. The summed E-state index contributed by atoms with van der Waals surface area (Å²) in [5, 5.41) is 0. The van der Waals surface area contributed by atoms with Crippen LogP contribution < -0.4 is 9.47 Å². The van der Waals surface area contributed by atoms with Crippen LogP contribution in [-0.4, -0.2) is 67.0 Å². The van der Waals surface area contributed by atoms with E-state index < -0.39 is 0 Å². The second-order valence-corrected chi connectivity index (χ2v) is 8.96. The Hall–Kier alpha value is -2.99. The molecule has 0 saturated carbocycles. The molecule has 1 aromatic rings.